The number of aryl methyl sites for hydroxylation is 2. The standard InChI is InChI=1S/C23H22N4O2S.C17H13BrN4O2S.C6H9B.2CH4.2H2O.Pd/c1-26-15-19(14-25-26)22-16-27(30(28,29)20-10-6-3-7-11-20)23-21(22)12-18(13-24-23)17-8-4-2-5-9-17;1-21-10-12(8-20-21)16-11-22(17-15(16)7-13(18)9-19-17)25(23,24)14-5-3-2-4-6-14;7-6-4-2-1-3-5-6;;;;;/h3,6-8,10-16H,2,4-5,9H2,1H3;2-11H,1H3;4H,1-3,5H2;2*1H4;2*1H2;. The van der Waals surface area contributed by atoms with Gasteiger partial charge in [0.25, 0.3) is 20.0 Å². The zero-order valence-corrected chi connectivity index (χ0v) is 40.4. The van der Waals surface area contributed by atoms with E-state index in [1.807, 2.05) is 32.6 Å². The minimum Gasteiger partial charge on any atom is -0.412 e. The number of fused-ring (bicyclic) bond motifs is 2. The van der Waals surface area contributed by atoms with Gasteiger partial charge in [-0.05, 0) is 108 Å². The Morgan fingerprint density at radius 3 is 1.45 bits per heavy atom. The molecular weight excluding hydrogens is 1050 g/mol. The summed E-state index contributed by atoms with van der Waals surface area (Å²) in [7, 11) is 1.64. The number of nitrogens with zero attached hydrogens (tertiary/aromatic N) is 8. The molecule has 2 aliphatic rings. The fraction of sp³-hybridized carbons (Fsp3) is 0.250. The number of hydrogen-bond acceptors (Lipinski definition) is 8. The Hall–Kier alpha value is -5.25. The molecule has 19 heteroatoms. The molecular formula is C48H56BBrN8O6PdS2. The molecule has 0 spiro atoms. The number of hydrogen-bond donors (Lipinski definition) is 0. The Balaban J connectivity index is 0.000000294. The first-order chi connectivity index (χ1) is 29.9. The van der Waals surface area contributed by atoms with Crippen molar-refractivity contribution < 1.29 is 48.2 Å². The Kier molecular flexibility index (Phi) is 20.2. The Bertz CT molecular complexity index is 3190. The van der Waals surface area contributed by atoms with Crippen molar-refractivity contribution in [3.8, 4) is 22.3 Å². The second-order valence-electron chi connectivity index (χ2n) is 15.2. The summed E-state index contributed by atoms with van der Waals surface area (Å²) in [6.45, 7) is 0. The van der Waals surface area contributed by atoms with Gasteiger partial charge in [-0.25, -0.2) is 34.7 Å². The van der Waals surface area contributed by atoms with E-state index in [4.69, 9.17) is 7.85 Å². The first kappa shape index (κ1) is 56.1. The molecule has 2 radical (unpaired) electrons. The maximum absolute atomic E-state index is 13.4. The summed E-state index contributed by atoms with van der Waals surface area (Å²) in [5, 5.41) is 9.99. The predicted octanol–water partition coefficient (Wildman–Crippen LogP) is 9.30. The largest absolute Gasteiger partial charge is 0.412 e. The van der Waals surface area contributed by atoms with Crippen LogP contribution < -0.4 is 0 Å². The summed E-state index contributed by atoms with van der Waals surface area (Å²) < 4.78 is 59.6. The molecule has 0 unspecified atom stereocenters. The van der Waals surface area contributed by atoms with Crippen molar-refractivity contribution in [2.24, 2.45) is 14.1 Å². The summed E-state index contributed by atoms with van der Waals surface area (Å²) in [5.41, 5.74) is 7.50. The van der Waals surface area contributed by atoms with Gasteiger partial charge < -0.3 is 11.0 Å². The van der Waals surface area contributed by atoms with Crippen molar-refractivity contribution in [2.45, 2.75) is 76.0 Å². The van der Waals surface area contributed by atoms with E-state index in [0.717, 1.165) is 67.8 Å². The number of halogens is 1. The van der Waals surface area contributed by atoms with Crippen LogP contribution in [0.15, 0.2) is 154 Å². The quantitative estimate of drug-likeness (QED) is 0.140. The van der Waals surface area contributed by atoms with Crippen molar-refractivity contribution in [1.29, 1.82) is 0 Å². The number of allylic oxidation sites excluding steroid dienone is 4. The summed E-state index contributed by atoms with van der Waals surface area (Å²) in [4.78, 5) is 9.41. The van der Waals surface area contributed by atoms with Gasteiger partial charge in [-0.15, -0.1) is 5.47 Å². The maximum Gasteiger partial charge on any atom is 0.269 e. The van der Waals surface area contributed by atoms with E-state index >= 15 is 0 Å². The van der Waals surface area contributed by atoms with Crippen LogP contribution in [0, 0.1) is 0 Å². The minimum atomic E-state index is -3.77. The van der Waals surface area contributed by atoms with Crippen LogP contribution in [-0.4, -0.2) is 73.1 Å². The average molecular weight is 1100 g/mol. The summed E-state index contributed by atoms with van der Waals surface area (Å²) in [6, 6.07) is 20.7. The van der Waals surface area contributed by atoms with Crippen LogP contribution in [-0.2, 0) is 54.6 Å². The molecule has 2 aromatic carbocycles. The third-order valence-electron chi connectivity index (χ3n) is 10.8. The van der Waals surface area contributed by atoms with Crippen LogP contribution in [0.1, 0.15) is 71.8 Å². The normalized spacial score (nSPS) is 13.3. The molecule has 0 fully saturated rings. The van der Waals surface area contributed by atoms with Crippen LogP contribution >= 0.6 is 15.9 Å². The van der Waals surface area contributed by atoms with Gasteiger partial charge in [0.1, 0.15) is 7.85 Å². The Labute approximate surface area is 416 Å². The third kappa shape index (κ3) is 12.3. The molecule has 6 heterocycles. The molecule has 10 rings (SSSR count). The molecule has 0 bridgehead atoms. The smallest absolute Gasteiger partial charge is 0.269 e. The molecule has 4 N–H and O–H groups in total. The molecule has 14 nitrogen and oxygen atoms in total. The van der Waals surface area contributed by atoms with E-state index in [2.05, 4.69) is 54.3 Å². The van der Waals surface area contributed by atoms with E-state index in [-0.39, 0.29) is 56.0 Å². The average Bonchev–Trinajstić information content (AvgIpc) is 4.10. The fourth-order valence-corrected chi connectivity index (χ4v) is 10.7. The summed E-state index contributed by atoms with van der Waals surface area (Å²) in [6.07, 6.45) is 27.7. The van der Waals surface area contributed by atoms with Crippen LogP contribution in [0.25, 0.3) is 49.9 Å². The number of rotatable bonds is 7. The van der Waals surface area contributed by atoms with Crippen LogP contribution in [0.5, 0.6) is 0 Å². The molecule has 6 aromatic heterocycles. The van der Waals surface area contributed by atoms with Gasteiger partial charge in [0, 0.05) is 109 Å². The van der Waals surface area contributed by atoms with Crippen LogP contribution in [0.4, 0.5) is 0 Å². The van der Waals surface area contributed by atoms with Gasteiger partial charge in [-0.2, -0.15) is 10.2 Å². The first-order valence-corrected chi connectivity index (χ1v) is 24.0. The number of aromatic nitrogens is 8. The first-order valence-electron chi connectivity index (χ1n) is 20.3. The van der Waals surface area contributed by atoms with Crippen LogP contribution in [0.3, 0.4) is 0 Å². The molecule has 2 aliphatic carbocycles. The molecule has 8 aromatic rings. The van der Waals surface area contributed by atoms with E-state index < -0.39 is 20.0 Å². The second-order valence-corrected chi connectivity index (χ2v) is 19.8. The molecule has 67 heavy (non-hydrogen) atoms. The zero-order valence-electron chi connectivity index (χ0n) is 35.7. The monoisotopic (exact) mass is 1100 g/mol. The number of pyridine rings is 2. The van der Waals surface area contributed by atoms with Crippen molar-refractivity contribution in [3.05, 3.63) is 150 Å². The van der Waals surface area contributed by atoms with Gasteiger partial charge in [-0.1, -0.05) is 69.8 Å². The SMILES string of the molecule is C.C.Cn1cc(-c2cn(S(=O)(=O)c3ccccc3)c3ncc(Br)cc23)cn1.Cn1cc(-c2cn(S(=O)(=O)c3ccccc3)c3ncc(C4=CCCCC4)cc23)cn1.O.O.[B]C1=CCCCC1.[Pd]. The molecule has 0 saturated carbocycles. The summed E-state index contributed by atoms with van der Waals surface area (Å²) in [5.74, 6) is 0. The Morgan fingerprint density at radius 1 is 0.582 bits per heavy atom. The molecule has 0 amide bonds. The molecule has 0 aliphatic heterocycles. The van der Waals surface area contributed by atoms with Crippen molar-refractivity contribution in [1.82, 2.24) is 37.5 Å². The Morgan fingerprint density at radius 2 is 1.04 bits per heavy atom. The van der Waals surface area contributed by atoms with Crippen molar-refractivity contribution >= 4 is 71.5 Å². The zero-order chi connectivity index (χ0) is 43.4. The van der Waals surface area contributed by atoms with E-state index in [9.17, 15) is 16.8 Å². The molecule has 356 valence electrons. The van der Waals surface area contributed by atoms with E-state index in [0.29, 0.717) is 11.3 Å². The molecule has 0 atom stereocenters. The topological polar surface area (TPSA) is 203 Å². The van der Waals surface area contributed by atoms with Gasteiger partial charge >= 0.3 is 0 Å². The predicted molar refractivity (Wildman–Crippen MR) is 269 cm³/mol. The maximum atomic E-state index is 13.4. The summed E-state index contributed by atoms with van der Waals surface area (Å²) >= 11 is 3.41. The number of benzene rings is 2. The second kappa shape index (κ2) is 24.2. The van der Waals surface area contributed by atoms with Crippen LogP contribution in [0.2, 0.25) is 0 Å². The minimum absolute atomic E-state index is 0. The van der Waals surface area contributed by atoms with E-state index in [1.165, 1.54) is 45.6 Å². The molecule has 0 saturated heterocycles. The third-order valence-corrected chi connectivity index (χ3v) is 14.6. The van der Waals surface area contributed by atoms with Gasteiger partial charge in [0.15, 0.2) is 11.3 Å². The van der Waals surface area contributed by atoms with Gasteiger partial charge in [0.05, 0.1) is 22.2 Å². The fourth-order valence-electron chi connectivity index (χ4n) is 7.63. The van der Waals surface area contributed by atoms with Gasteiger partial charge in [0.2, 0.25) is 0 Å². The van der Waals surface area contributed by atoms with Gasteiger partial charge in [-0.3, -0.25) is 9.36 Å². The van der Waals surface area contributed by atoms with E-state index in [1.54, 1.807) is 107 Å². The van der Waals surface area contributed by atoms with Crippen molar-refractivity contribution in [2.75, 3.05) is 0 Å². The van der Waals surface area contributed by atoms with Crippen molar-refractivity contribution in [3.63, 3.8) is 0 Å².